The van der Waals surface area contributed by atoms with Gasteiger partial charge in [0, 0.05) is 0 Å². The Morgan fingerprint density at radius 2 is 2.07 bits per heavy atom. The number of carbonyl (C=O) groups is 1. The summed E-state index contributed by atoms with van der Waals surface area (Å²) in [5.41, 5.74) is 0.916. The molecule has 0 saturated carbocycles. The molecule has 0 aliphatic rings. The van der Waals surface area contributed by atoms with Crippen molar-refractivity contribution < 1.29 is 14.3 Å². The van der Waals surface area contributed by atoms with E-state index in [1.165, 1.54) is 0 Å². The van der Waals surface area contributed by atoms with Crippen molar-refractivity contribution in [3.05, 3.63) is 29.8 Å². The molecule has 0 fully saturated rings. The lowest BCUT2D eigenvalue weighted by Gasteiger charge is -2.05. The lowest BCUT2D eigenvalue weighted by Crippen LogP contribution is -2.07. The minimum Gasteiger partial charge on any atom is -0.494 e. The summed E-state index contributed by atoms with van der Waals surface area (Å²) in [6.45, 7) is 4.78. The number of carbonyl (C=O) groups excluding carboxylic acids is 1. The topological polar surface area (TPSA) is 35.5 Å². The van der Waals surface area contributed by atoms with Crippen molar-refractivity contribution in [1.29, 1.82) is 0 Å². The van der Waals surface area contributed by atoms with Gasteiger partial charge in [0.25, 0.3) is 0 Å². The van der Waals surface area contributed by atoms with Gasteiger partial charge in [0.2, 0.25) is 0 Å². The molecule has 15 heavy (non-hydrogen) atoms. The van der Waals surface area contributed by atoms with Crippen LogP contribution >= 0.6 is 0 Å². The maximum atomic E-state index is 11.2. The first-order valence-electron chi connectivity index (χ1n) is 5.13. The maximum absolute atomic E-state index is 11.2. The van der Waals surface area contributed by atoms with Crippen LogP contribution in [0.1, 0.15) is 19.4 Å². The minimum absolute atomic E-state index is 0.203. The zero-order valence-electron chi connectivity index (χ0n) is 9.16. The summed E-state index contributed by atoms with van der Waals surface area (Å²) in [7, 11) is 0. The summed E-state index contributed by atoms with van der Waals surface area (Å²) < 4.78 is 10.2. The lowest BCUT2D eigenvalue weighted by atomic mass is 10.1. The fourth-order valence-electron chi connectivity index (χ4n) is 1.29. The van der Waals surface area contributed by atoms with Gasteiger partial charge in [-0.25, -0.2) is 0 Å². The molecule has 0 unspecified atom stereocenters. The average molecular weight is 208 g/mol. The van der Waals surface area contributed by atoms with E-state index in [1.54, 1.807) is 6.92 Å². The van der Waals surface area contributed by atoms with E-state index in [0.29, 0.717) is 19.6 Å². The fourth-order valence-corrected chi connectivity index (χ4v) is 1.29. The molecule has 3 heteroatoms. The van der Waals surface area contributed by atoms with Crippen LogP contribution < -0.4 is 4.74 Å². The number of hydrogen-bond acceptors (Lipinski definition) is 3. The second kappa shape index (κ2) is 6.06. The molecule has 0 radical (unpaired) electrons. The molecule has 0 aromatic heterocycles. The molecule has 1 aromatic carbocycles. The Morgan fingerprint density at radius 1 is 1.27 bits per heavy atom. The van der Waals surface area contributed by atoms with E-state index < -0.39 is 0 Å². The van der Waals surface area contributed by atoms with Crippen LogP contribution in [0.3, 0.4) is 0 Å². The molecule has 1 rings (SSSR count). The fraction of sp³-hybridized carbons (Fsp3) is 0.417. The number of hydrogen-bond donors (Lipinski definition) is 0. The van der Waals surface area contributed by atoms with Crippen LogP contribution in [0.4, 0.5) is 0 Å². The second-order valence-corrected chi connectivity index (χ2v) is 3.06. The van der Waals surface area contributed by atoms with E-state index in [0.717, 1.165) is 11.3 Å². The summed E-state index contributed by atoms with van der Waals surface area (Å²) in [6, 6.07) is 7.50. The maximum Gasteiger partial charge on any atom is 0.310 e. The molecule has 0 spiro atoms. The predicted octanol–water partition coefficient (Wildman–Crippen LogP) is 2.19. The SMILES string of the molecule is CCOC(=O)Cc1cccc(OCC)c1. The van der Waals surface area contributed by atoms with Crippen molar-refractivity contribution in [2.24, 2.45) is 0 Å². The highest BCUT2D eigenvalue weighted by atomic mass is 16.5. The largest absolute Gasteiger partial charge is 0.494 e. The number of benzene rings is 1. The summed E-state index contributed by atoms with van der Waals surface area (Å²) in [4.78, 5) is 11.2. The Kier molecular flexibility index (Phi) is 4.68. The molecule has 0 amide bonds. The molecule has 0 bridgehead atoms. The molecule has 0 saturated heterocycles. The van der Waals surface area contributed by atoms with E-state index >= 15 is 0 Å². The van der Waals surface area contributed by atoms with Gasteiger partial charge in [-0.1, -0.05) is 12.1 Å². The minimum atomic E-state index is -0.203. The van der Waals surface area contributed by atoms with Crippen LogP contribution in [0.2, 0.25) is 0 Å². The van der Waals surface area contributed by atoms with Gasteiger partial charge in [0.15, 0.2) is 0 Å². The van der Waals surface area contributed by atoms with Crippen LogP contribution in [0.25, 0.3) is 0 Å². The van der Waals surface area contributed by atoms with Crippen LogP contribution in [-0.2, 0) is 16.0 Å². The summed E-state index contributed by atoms with van der Waals surface area (Å²) in [6.07, 6.45) is 0.300. The molecular formula is C12H16O3. The van der Waals surface area contributed by atoms with Gasteiger partial charge >= 0.3 is 5.97 Å². The molecule has 0 aliphatic heterocycles. The highest BCUT2D eigenvalue weighted by Gasteiger charge is 2.04. The first kappa shape index (κ1) is 11.6. The first-order valence-corrected chi connectivity index (χ1v) is 5.13. The average Bonchev–Trinajstić information content (AvgIpc) is 2.19. The molecule has 0 aliphatic carbocycles. The summed E-state index contributed by atoms with van der Waals surface area (Å²) >= 11 is 0. The van der Waals surface area contributed by atoms with Crippen molar-refractivity contribution in [3.8, 4) is 5.75 Å². The van der Waals surface area contributed by atoms with Crippen LogP contribution in [0, 0.1) is 0 Å². The molecule has 82 valence electrons. The van der Waals surface area contributed by atoms with Crippen molar-refractivity contribution in [2.75, 3.05) is 13.2 Å². The molecule has 3 nitrogen and oxygen atoms in total. The number of ether oxygens (including phenoxy) is 2. The Bertz CT molecular complexity index is 320. The zero-order chi connectivity index (χ0) is 11.1. The third-order valence-electron chi connectivity index (χ3n) is 1.86. The van der Waals surface area contributed by atoms with E-state index in [-0.39, 0.29) is 5.97 Å². The van der Waals surface area contributed by atoms with E-state index in [4.69, 9.17) is 9.47 Å². The van der Waals surface area contributed by atoms with Crippen molar-refractivity contribution in [1.82, 2.24) is 0 Å². The third kappa shape index (κ3) is 4.02. The quantitative estimate of drug-likeness (QED) is 0.696. The van der Waals surface area contributed by atoms with Crippen molar-refractivity contribution >= 4 is 5.97 Å². The van der Waals surface area contributed by atoms with Crippen LogP contribution in [-0.4, -0.2) is 19.2 Å². The summed E-state index contributed by atoms with van der Waals surface area (Å²) in [5.74, 6) is 0.588. The van der Waals surface area contributed by atoms with E-state index in [1.807, 2.05) is 31.2 Å². The van der Waals surface area contributed by atoms with Gasteiger partial charge in [-0.3, -0.25) is 4.79 Å². The van der Waals surface area contributed by atoms with Gasteiger partial charge in [-0.05, 0) is 31.5 Å². The lowest BCUT2D eigenvalue weighted by molar-refractivity contribution is -0.142. The van der Waals surface area contributed by atoms with Gasteiger partial charge < -0.3 is 9.47 Å². The Labute approximate surface area is 90.0 Å². The molecule has 0 atom stereocenters. The van der Waals surface area contributed by atoms with Crippen LogP contribution in [0.5, 0.6) is 5.75 Å². The molecular weight excluding hydrogens is 192 g/mol. The van der Waals surface area contributed by atoms with Gasteiger partial charge in [-0.2, -0.15) is 0 Å². The van der Waals surface area contributed by atoms with E-state index in [2.05, 4.69) is 0 Å². The van der Waals surface area contributed by atoms with Crippen LogP contribution in [0.15, 0.2) is 24.3 Å². The van der Waals surface area contributed by atoms with Crippen molar-refractivity contribution in [3.63, 3.8) is 0 Å². The second-order valence-electron chi connectivity index (χ2n) is 3.06. The molecule has 0 N–H and O–H groups in total. The number of esters is 1. The standard InChI is InChI=1S/C12H16O3/c1-3-14-11-7-5-6-10(8-11)9-12(13)15-4-2/h5-8H,3-4,9H2,1-2H3. The van der Waals surface area contributed by atoms with Crippen molar-refractivity contribution in [2.45, 2.75) is 20.3 Å². The highest BCUT2D eigenvalue weighted by Crippen LogP contribution is 2.13. The normalized spacial score (nSPS) is 9.73. The summed E-state index contributed by atoms with van der Waals surface area (Å²) in [5, 5.41) is 0. The molecule has 0 heterocycles. The highest BCUT2D eigenvalue weighted by molar-refractivity contribution is 5.72. The van der Waals surface area contributed by atoms with E-state index in [9.17, 15) is 4.79 Å². The predicted molar refractivity (Wildman–Crippen MR) is 57.9 cm³/mol. The smallest absolute Gasteiger partial charge is 0.310 e. The zero-order valence-corrected chi connectivity index (χ0v) is 9.16. The Morgan fingerprint density at radius 3 is 2.73 bits per heavy atom. The third-order valence-corrected chi connectivity index (χ3v) is 1.86. The van der Waals surface area contributed by atoms with Gasteiger partial charge in [0.1, 0.15) is 5.75 Å². The van der Waals surface area contributed by atoms with Gasteiger partial charge in [0.05, 0.1) is 19.6 Å². The Hall–Kier alpha value is -1.51. The van der Waals surface area contributed by atoms with Gasteiger partial charge in [-0.15, -0.1) is 0 Å². The molecule has 1 aromatic rings. The first-order chi connectivity index (χ1) is 7.26. The monoisotopic (exact) mass is 208 g/mol. The Balaban J connectivity index is 2.60. The number of rotatable bonds is 5.